The molecule has 0 saturated carbocycles. The molecule has 1 saturated heterocycles. The molecule has 1 fully saturated rings. The van der Waals surface area contributed by atoms with E-state index in [0.717, 1.165) is 6.42 Å². The van der Waals surface area contributed by atoms with Gasteiger partial charge in [-0.1, -0.05) is 18.2 Å². The highest BCUT2D eigenvalue weighted by molar-refractivity contribution is 8.00. The maximum Gasteiger partial charge on any atom is 0.0752 e. The fourth-order valence-corrected chi connectivity index (χ4v) is 3.43. The predicted octanol–water partition coefficient (Wildman–Crippen LogP) is 3.73. The van der Waals surface area contributed by atoms with Crippen molar-refractivity contribution >= 4 is 11.8 Å². The summed E-state index contributed by atoms with van der Waals surface area (Å²) in [4.78, 5) is 1.34. The van der Waals surface area contributed by atoms with E-state index >= 15 is 0 Å². The third-order valence-electron chi connectivity index (χ3n) is 2.85. The van der Waals surface area contributed by atoms with E-state index in [1.54, 1.807) is 0 Å². The summed E-state index contributed by atoms with van der Waals surface area (Å²) in [7, 11) is 0. The van der Waals surface area contributed by atoms with Crippen molar-refractivity contribution in [3.63, 3.8) is 0 Å². The number of hydrogen-bond acceptors (Lipinski definition) is 2. The van der Waals surface area contributed by atoms with Gasteiger partial charge in [0.05, 0.1) is 11.7 Å². The minimum Gasteiger partial charge on any atom is -0.371 e. The molecule has 2 atom stereocenters. The molecule has 2 heteroatoms. The average Bonchev–Trinajstić information content (AvgIpc) is 2.41. The van der Waals surface area contributed by atoms with Crippen LogP contribution in [0.5, 0.6) is 0 Å². The zero-order valence-corrected chi connectivity index (χ0v) is 10.4. The van der Waals surface area contributed by atoms with Gasteiger partial charge < -0.3 is 4.74 Å². The minimum atomic E-state index is -0.0000746. The van der Waals surface area contributed by atoms with E-state index in [2.05, 4.69) is 51.1 Å². The van der Waals surface area contributed by atoms with Gasteiger partial charge in [0.25, 0.3) is 0 Å². The molecular formula is C13H18OS. The molecule has 2 rings (SSSR count). The van der Waals surface area contributed by atoms with Gasteiger partial charge in [-0.05, 0) is 39.3 Å². The van der Waals surface area contributed by atoms with Gasteiger partial charge in [0.15, 0.2) is 0 Å². The Morgan fingerprint density at radius 3 is 2.47 bits per heavy atom. The maximum absolute atomic E-state index is 5.91. The van der Waals surface area contributed by atoms with E-state index in [-0.39, 0.29) is 5.60 Å². The van der Waals surface area contributed by atoms with Gasteiger partial charge in [-0.3, -0.25) is 0 Å². The zero-order chi connectivity index (χ0) is 10.9. The second-order valence-electron chi connectivity index (χ2n) is 4.69. The lowest BCUT2D eigenvalue weighted by Gasteiger charge is -2.25. The molecule has 1 aromatic carbocycles. The second kappa shape index (κ2) is 4.18. The van der Waals surface area contributed by atoms with Gasteiger partial charge >= 0.3 is 0 Å². The molecule has 0 radical (unpaired) electrons. The van der Waals surface area contributed by atoms with E-state index in [1.165, 1.54) is 4.90 Å². The first-order chi connectivity index (χ1) is 7.08. The molecule has 1 nitrogen and oxygen atoms in total. The highest BCUT2D eigenvalue weighted by Crippen LogP contribution is 2.41. The fourth-order valence-electron chi connectivity index (χ4n) is 2.08. The van der Waals surface area contributed by atoms with Crippen LogP contribution in [0.15, 0.2) is 35.2 Å². The molecule has 0 spiro atoms. The van der Waals surface area contributed by atoms with E-state index in [9.17, 15) is 0 Å². The Bertz CT molecular complexity index is 321. The molecule has 0 aliphatic carbocycles. The summed E-state index contributed by atoms with van der Waals surface area (Å²) in [5, 5.41) is 0.565. The van der Waals surface area contributed by atoms with Crippen LogP contribution in [0.3, 0.4) is 0 Å². The summed E-state index contributed by atoms with van der Waals surface area (Å²) in [6, 6.07) is 10.6. The summed E-state index contributed by atoms with van der Waals surface area (Å²) < 4.78 is 5.91. The topological polar surface area (TPSA) is 9.23 Å². The number of hydrogen-bond donors (Lipinski definition) is 0. The van der Waals surface area contributed by atoms with Crippen molar-refractivity contribution in [1.82, 2.24) is 0 Å². The van der Waals surface area contributed by atoms with Gasteiger partial charge in [-0.25, -0.2) is 0 Å². The van der Waals surface area contributed by atoms with Crippen LogP contribution in [0.1, 0.15) is 27.2 Å². The number of thioether (sulfide) groups is 1. The van der Waals surface area contributed by atoms with Gasteiger partial charge in [0.1, 0.15) is 0 Å². The molecular weight excluding hydrogens is 204 g/mol. The van der Waals surface area contributed by atoms with Crippen molar-refractivity contribution in [1.29, 1.82) is 0 Å². The smallest absolute Gasteiger partial charge is 0.0752 e. The van der Waals surface area contributed by atoms with Crippen LogP contribution in [0.25, 0.3) is 0 Å². The van der Waals surface area contributed by atoms with Crippen molar-refractivity contribution < 1.29 is 4.74 Å². The maximum atomic E-state index is 5.91. The first kappa shape index (κ1) is 11.0. The summed E-state index contributed by atoms with van der Waals surface area (Å²) in [5.41, 5.74) is -0.0000746. The number of ether oxygens (including phenoxy) is 1. The summed E-state index contributed by atoms with van der Waals surface area (Å²) in [5.74, 6) is 0. The highest BCUT2D eigenvalue weighted by Gasteiger charge is 2.40. The Balaban J connectivity index is 2.07. The highest BCUT2D eigenvalue weighted by atomic mass is 32.2. The van der Waals surface area contributed by atoms with Gasteiger partial charge in [0, 0.05) is 10.1 Å². The van der Waals surface area contributed by atoms with Crippen LogP contribution in [0, 0.1) is 0 Å². The third kappa shape index (κ3) is 2.56. The van der Waals surface area contributed by atoms with E-state index in [0.29, 0.717) is 11.4 Å². The van der Waals surface area contributed by atoms with Crippen LogP contribution in [0.4, 0.5) is 0 Å². The van der Waals surface area contributed by atoms with Crippen molar-refractivity contribution in [2.24, 2.45) is 0 Å². The summed E-state index contributed by atoms with van der Waals surface area (Å²) >= 11 is 1.94. The van der Waals surface area contributed by atoms with Crippen LogP contribution in [-0.4, -0.2) is 17.0 Å². The quantitative estimate of drug-likeness (QED) is 0.754. The Morgan fingerprint density at radius 2 is 1.93 bits per heavy atom. The fraction of sp³-hybridized carbons (Fsp3) is 0.538. The van der Waals surface area contributed by atoms with Gasteiger partial charge in [-0.2, -0.15) is 0 Å². The second-order valence-corrected chi connectivity index (χ2v) is 5.96. The van der Waals surface area contributed by atoms with Gasteiger partial charge in [-0.15, -0.1) is 11.8 Å². The van der Waals surface area contributed by atoms with E-state index in [1.807, 2.05) is 11.8 Å². The molecule has 82 valence electrons. The Kier molecular flexibility index (Phi) is 3.08. The summed E-state index contributed by atoms with van der Waals surface area (Å²) in [6.07, 6.45) is 1.54. The normalized spacial score (nSPS) is 29.3. The third-order valence-corrected chi connectivity index (χ3v) is 4.44. The monoisotopic (exact) mass is 222 g/mol. The molecule has 0 amide bonds. The SMILES string of the molecule is C[C@@H]1C[C@H](Sc2ccccc2)C(C)(C)O1. The van der Waals surface area contributed by atoms with E-state index in [4.69, 9.17) is 4.74 Å². The van der Waals surface area contributed by atoms with Crippen LogP contribution >= 0.6 is 11.8 Å². The molecule has 0 aromatic heterocycles. The number of benzene rings is 1. The standard InChI is InChI=1S/C13H18OS/c1-10-9-12(13(2,3)14-10)15-11-7-5-4-6-8-11/h4-8,10,12H,9H2,1-3H3/t10-,12+/m1/s1. The lowest BCUT2D eigenvalue weighted by molar-refractivity contribution is -0.00478. The molecule has 0 unspecified atom stereocenters. The minimum absolute atomic E-state index is 0.0000746. The molecule has 0 N–H and O–H groups in total. The van der Waals surface area contributed by atoms with Crippen molar-refractivity contribution in [3.8, 4) is 0 Å². The van der Waals surface area contributed by atoms with Crippen molar-refractivity contribution in [2.75, 3.05) is 0 Å². The van der Waals surface area contributed by atoms with E-state index < -0.39 is 0 Å². The van der Waals surface area contributed by atoms with Crippen LogP contribution in [-0.2, 0) is 4.74 Å². The van der Waals surface area contributed by atoms with Crippen LogP contribution in [0.2, 0.25) is 0 Å². The predicted molar refractivity (Wildman–Crippen MR) is 65.3 cm³/mol. The Morgan fingerprint density at radius 1 is 1.27 bits per heavy atom. The molecule has 15 heavy (non-hydrogen) atoms. The first-order valence-corrected chi connectivity index (χ1v) is 6.35. The molecule has 1 aliphatic rings. The Labute approximate surface area is 96.2 Å². The Hall–Kier alpha value is -0.470. The van der Waals surface area contributed by atoms with Crippen molar-refractivity contribution in [3.05, 3.63) is 30.3 Å². The van der Waals surface area contributed by atoms with Gasteiger partial charge in [0.2, 0.25) is 0 Å². The lowest BCUT2D eigenvalue weighted by Crippen LogP contribution is -2.29. The largest absolute Gasteiger partial charge is 0.371 e. The average molecular weight is 222 g/mol. The van der Waals surface area contributed by atoms with Crippen LogP contribution < -0.4 is 0 Å². The first-order valence-electron chi connectivity index (χ1n) is 5.47. The zero-order valence-electron chi connectivity index (χ0n) is 9.57. The molecule has 1 aromatic rings. The van der Waals surface area contributed by atoms with Crippen molar-refractivity contribution in [2.45, 2.75) is 49.0 Å². The molecule has 1 aliphatic heterocycles. The molecule has 0 bridgehead atoms. The lowest BCUT2D eigenvalue weighted by atomic mass is 10.0. The number of rotatable bonds is 2. The summed E-state index contributed by atoms with van der Waals surface area (Å²) in [6.45, 7) is 6.54. The molecule has 1 heterocycles.